The highest BCUT2D eigenvalue weighted by Crippen LogP contribution is 2.34. The maximum Gasteiger partial charge on any atom is 0.170 e. The lowest BCUT2D eigenvalue weighted by Gasteiger charge is -2.14. The average Bonchev–Trinajstić information content (AvgIpc) is 3.45. The number of H-pyrrole nitrogens is 1. The number of aromatic nitrogens is 4. The van der Waals surface area contributed by atoms with E-state index in [-0.39, 0.29) is 12.5 Å². The number of nitrogens with one attached hydrogen (secondary N) is 3. The van der Waals surface area contributed by atoms with E-state index in [1.165, 1.54) is 0 Å². The Hall–Kier alpha value is -4.01. The maximum atomic E-state index is 5.73. The zero-order chi connectivity index (χ0) is 22.4. The molecule has 1 aliphatic heterocycles. The molecule has 0 amide bonds. The second-order valence-corrected chi connectivity index (χ2v) is 8.31. The van der Waals surface area contributed by atoms with Gasteiger partial charge in [0.05, 0.1) is 17.2 Å². The Bertz CT molecular complexity index is 1460. The Morgan fingerprint density at radius 1 is 0.970 bits per heavy atom. The summed E-state index contributed by atoms with van der Waals surface area (Å²) in [7, 11) is 4.01. The number of nitrogens with zero attached hydrogens (tertiary/aromatic N) is 4. The van der Waals surface area contributed by atoms with Crippen molar-refractivity contribution in [2.75, 3.05) is 24.7 Å². The molecule has 0 saturated carbocycles. The molecular weight excluding hydrogens is 414 g/mol. The van der Waals surface area contributed by atoms with Gasteiger partial charge in [-0.15, -0.1) is 0 Å². The van der Waals surface area contributed by atoms with E-state index in [2.05, 4.69) is 26.9 Å². The van der Waals surface area contributed by atoms with Crippen molar-refractivity contribution in [1.82, 2.24) is 25.1 Å². The van der Waals surface area contributed by atoms with Crippen LogP contribution in [0.2, 0.25) is 0 Å². The highest BCUT2D eigenvalue weighted by molar-refractivity contribution is 5.94. The van der Waals surface area contributed by atoms with Gasteiger partial charge < -0.3 is 15.4 Å². The number of hydrogen-bond donors (Lipinski definition) is 3. The van der Waals surface area contributed by atoms with Gasteiger partial charge in [-0.1, -0.05) is 24.3 Å². The number of hydrogen-bond acceptors (Lipinski definition) is 7. The van der Waals surface area contributed by atoms with E-state index < -0.39 is 0 Å². The third-order valence-corrected chi connectivity index (χ3v) is 5.75. The molecule has 0 aliphatic carbocycles. The highest BCUT2D eigenvalue weighted by atomic mass is 16.6. The smallest absolute Gasteiger partial charge is 0.170 e. The number of fused-ring (bicyclic) bond motifs is 2. The molecule has 0 bridgehead atoms. The molecule has 3 N–H and O–H groups in total. The number of rotatable bonds is 6. The average molecular weight is 438 g/mol. The van der Waals surface area contributed by atoms with Crippen molar-refractivity contribution in [2.24, 2.45) is 0 Å². The van der Waals surface area contributed by atoms with Gasteiger partial charge in [-0.25, -0.2) is 9.97 Å². The summed E-state index contributed by atoms with van der Waals surface area (Å²) in [5, 5.41) is 16.0. The molecule has 3 heterocycles. The minimum absolute atomic E-state index is 0.0547. The molecule has 8 nitrogen and oxygen atoms in total. The second kappa shape index (κ2) is 7.84. The zero-order valence-corrected chi connectivity index (χ0v) is 18.3. The van der Waals surface area contributed by atoms with Crippen LogP contribution in [0.5, 0.6) is 0 Å². The van der Waals surface area contributed by atoms with Crippen LogP contribution in [0.3, 0.4) is 0 Å². The van der Waals surface area contributed by atoms with Crippen LogP contribution in [-0.2, 0) is 4.74 Å². The quantitative estimate of drug-likeness (QED) is 0.335. The van der Waals surface area contributed by atoms with Crippen LogP contribution < -0.4 is 10.6 Å². The SMILES string of the molecule is CN(C)C1OC1Nc1ccccc1-c1nc(Nc2ccc3[nH]ncc3c2)c2ccccc2n1. The van der Waals surface area contributed by atoms with Crippen LogP contribution >= 0.6 is 0 Å². The van der Waals surface area contributed by atoms with Gasteiger partial charge in [-0.05, 0) is 56.6 Å². The number of benzene rings is 3. The van der Waals surface area contributed by atoms with Crippen molar-refractivity contribution < 1.29 is 4.74 Å². The number of likely N-dealkylation sites (N-methyl/N-ethyl adjacent to an activating group) is 1. The summed E-state index contributed by atoms with van der Waals surface area (Å²) >= 11 is 0. The summed E-state index contributed by atoms with van der Waals surface area (Å²) in [6.07, 6.45) is 1.82. The second-order valence-electron chi connectivity index (χ2n) is 8.31. The van der Waals surface area contributed by atoms with E-state index >= 15 is 0 Å². The Labute approximate surface area is 190 Å². The molecule has 2 aromatic heterocycles. The van der Waals surface area contributed by atoms with Crippen molar-refractivity contribution in [2.45, 2.75) is 12.5 Å². The van der Waals surface area contributed by atoms with Crippen molar-refractivity contribution in [3.8, 4) is 11.4 Å². The van der Waals surface area contributed by atoms with Crippen LogP contribution in [0, 0.1) is 0 Å². The summed E-state index contributed by atoms with van der Waals surface area (Å²) in [5.41, 5.74) is 4.66. The van der Waals surface area contributed by atoms with Gasteiger partial charge in [0.1, 0.15) is 5.82 Å². The molecule has 2 unspecified atom stereocenters. The van der Waals surface area contributed by atoms with Crippen LogP contribution in [0.1, 0.15) is 0 Å². The predicted molar refractivity (Wildman–Crippen MR) is 130 cm³/mol. The molecular formula is C25H23N7O. The Balaban J connectivity index is 1.40. The molecule has 3 aromatic carbocycles. The van der Waals surface area contributed by atoms with E-state index in [1.807, 2.05) is 85.9 Å². The van der Waals surface area contributed by atoms with Crippen LogP contribution in [0.15, 0.2) is 72.9 Å². The summed E-state index contributed by atoms with van der Waals surface area (Å²) in [5.74, 6) is 1.40. The van der Waals surface area contributed by atoms with Gasteiger partial charge >= 0.3 is 0 Å². The van der Waals surface area contributed by atoms with Crippen molar-refractivity contribution in [3.63, 3.8) is 0 Å². The van der Waals surface area contributed by atoms with Crippen LogP contribution in [0.25, 0.3) is 33.2 Å². The van der Waals surface area contributed by atoms with Crippen molar-refractivity contribution >= 4 is 39.0 Å². The number of para-hydroxylation sites is 2. The molecule has 33 heavy (non-hydrogen) atoms. The third-order valence-electron chi connectivity index (χ3n) is 5.75. The molecule has 2 atom stereocenters. The Morgan fingerprint density at radius 2 is 1.82 bits per heavy atom. The van der Waals surface area contributed by atoms with E-state index in [0.29, 0.717) is 5.82 Å². The molecule has 0 radical (unpaired) electrons. The van der Waals surface area contributed by atoms with E-state index in [1.54, 1.807) is 0 Å². The van der Waals surface area contributed by atoms with Gasteiger partial charge in [-0.2, -0.15) is 5.10 Å². The van der Waals surface area contributed by atoms with E-state index in [0.717, 1.165) is 44.6 Å². The Morgan fingerprint density at radius 3 is 2.70 bits per heavy atom. The topological polar surface area (TPSA) is 94.3 Å². The minimum Gasteiger partial charge on any atom is -0.356 e. The van der Waals surface area contributed by atoms with Gasteiger partial charge in [0.2, 0.25) is 0 Å². The number of epoxide rings is 1. The molecule has 6 rings (SSSR count). The van der Waals surface area contributed by atoms with Crippen LogP contribution in [0.4, 0.5) is 17.2 Å². The molecule has 8 heteroatoms. The minimum atomic E-state index is -0.0547. The van der Waals surface area contributed by atoms with Crippen molar-refractivity contribution in [1.29, 1.82) is 0 Å². The first-order chi connectivity index (χ1) is 16.2. The number of anilines is 3. The molecule has 1 fully saturated rings. The fourth-order valence-electron chi connectivity index (χ4n) is 4.01. The van der Waals surface area contributed by atoms with Gasteiger partial charge in [0.25, 0.3) is 0 Å². The standard InChI is InChI=1S/C25H23N7O/c1-32(2)25-24(33-25)29-21-10-6-4-8-18(21)23-28-20-9-5-3-7-17(20)22(30-23)27-16-11-12-19-15(13-16)14-26-31-19/h3-14,24-25,29H,1-2H3,(H,26,31)(H,27,28,30). The summed E-state index contributed by atoms with van der Waals surface area (Å²) in [6, 6.07) is 22.1. The molecule has 1 aliphatic rings. The van der Waals surface area contributed by atoms with Gasteiger partial charge in [-0.3, -0.25) is 10.00 Å². The maximum absolute atomic E-state index is 5.73. The van der Waals surface area contributed by atoms with E-state index in [4.69, 9.17) is 14.7 Å². The zero-order valence-electron chi connectivity index (χ0n) is 18.3. The van der Waals surface area contributed by atoms with Crippen molar-refractivity contribution in [3.05, 3.63) is 72.9 Å². The van der Waals surface area contributed by atoms with E-state index in [9.17, 15) is 0 Å². The predicted octanol–water partition coefficient (Wildman–Crippen LogP) is 4.57. The lowest BCUT2D eigenvalue weighted by Crippen LogP contribution is -2.21. The monoisotopic (exact) mass is 437 g/mol. The third kappa shape index (κ3) is 3.75. The van der Waals surface area contributed by atoms with Gasteiger partial charge in [0.15, 0.2) is 18.3 Å². The fraction of sp³-hybridized carbons (Fsp3) is 0.160. The first-order valence-electron chi connectivity index (χ1n) is 10.8. The fourth-order valence-corrected chi connectivity index (χ4v) is 4.01. The lowest BCUT2D eigenvalue weighted by molar-refractivity contribution is 0.245. The summed E-state index contributed by atoms with van der Waals surface area (Å²) in [6.45, 7) is 0. The molecule has 1 saturated heterocycles. The number of aromatic amines is 1. The van der Waals surface area contributed by atoms with Gasteiger partial charge in [0, 0.05) is 27.7 Å². The Kier molecular flexibility index (Phi) is 4.67. The first-order valence-corrected chi connectivity index (χ1v) is 10.8. The molecule has 164 valence electrons. The van der Waals surface area contributed by atoms with Crippen LogP contribution in [-0.4, -0.2) is 51.6 Å². The first kappa shape index (κ1) is 19.7. The lowest BCUT2D eigenvalue weighted by atomic mass is 10.1. The largest absolute Gasteiger partial charge is 0.356 e. The number of ether oxygens (including phenoxy) is 1. The molecule has 5 aromatic rings. The highest BCUT2D eigenvalue weighted by Gasteiger charge is 2.41. The summed E-state index contributed by atoms with van der Waals surface area (Å²) < 4.78 is 5.73. The summed E-state index contributed by atoms with van der Waals surface area (Å²) in [4.78, 5) is 11.9. The normalized spacial score (nSPS) is 17.5. The molecule has 0 spiro atoms.